The van der Waals surface area contributed by atoms with E-state index in [1.54, 1.807) is 12.4 Å². The Morgan fingerprint density at radius 1 is 1.47 bits per heavy atom. The van der Waals surface area contributed by atoms with Gasteiger partial charge in [-0.3, -0.25) is 0 Å². The van der Waals surface area contributed by atoms with Crippen LogP contribution >= 0.6 is 11.6 Å². The molecule has 1 N–H and O–H groups in total. The van der Waals surface area contributed by atoms with E-state index in [2.05, 4.69) is 34.0 Å². The van der Waals surface area contributed by atoms with Crippen molar-refractivity contribution < 1.29 is 0 Å². The number of aromatic nitrogens is 2. The van der Waals surface area contributed by atoms with E-state index in [-0.39, 0.29) is 0 Å². The summed E-state index contributed by atoms with van der Waals surface area (Å²) in [5, 5.41) is 3.73. The van der Waals surface area contributed by atoms with Gasteiger partial charge in [-0.25, -0.2) is 9.97 Å². The van der Waals surface area contributed by atoms with E-state index < -0.39 is 0 Å². The first-order valence-electron chi connectivity index (χ1n) is 6.11. The molecule has 2 rings (SSSR count). The highest BCUT2D eigenvalue weighted by atomic mass is 35.5. The van der Waals surface area contributed by atoms with Crippen LogP contribution < -0.4 is 5.32 Å². The molecule has 0 saturated carbocycles. The van der Waals surface area contributed by atoms with E-state index in [0.717, 1.165) is 13.1 Å². The Morgan fingerprint density at radius 2 is 2.24 bits per heavy atom. The van der Waals surface area contributed by atoms with E-state index in [0.29, 0.717) is 22.9 Å². The molecule has 0 amide bonds. The second kappa shape index (κ2) is 5.65. The summed E-state index contributed by atoms with van der Waals surface area (Å²) in [4.78, 5) is 10.7. The first-order valence-corrected chi connectivity index (χ1v) is 6.49. The fourth-order valence-electron chi connectivity index (χ4n) is 2.18. The third-order valence-corrected chi connectivity index (χ3v) is 3.54. The Morgan fingerprint density at radius 3 is 2.88 bits per heavy atom. The number of halogens is 1. The van der Waals surface area contributed by atoms with Crippen molar-refractivity contribution in [2.75, 3.05) is 25.0 Å². The molecule has 4 nitrogen and oxygen atoms in total. The average molecular weight is 255 g/mol. The summed E-state index contributed by atoms with van der Waals surface area (Å²) in [5.41, 5.74) is 0. The van der Waals surface area contributed by atoms with Crippen LogP contribution in [0.15, 0.2) is 12.4 Å². The van der Waals surface area contributed by atoms with Crippen LogP contribution in [0.3, 0.4) is 0 Å². The van der Waals surface area contributed by atoms with Crippen molar-refractivity contribution >= 4 is 17.4 Å². The molecule has 0 aliphatic carbocycles. The standard InChI is InChI=1S/C12H19ClN4/c1-9(2)17-6-3-10(8-17)7-16-12-11(13)14-4-5-15-12/h4-5,9-10H,3,6-8H2,1-2H3,(H,15,16). The lowest BCUT2D eigenvalue weighted by atomic mass is 10.1. The van der Waals surface area contributed by atoms with Gasteiger partial charge in [0.25, 0.3) is 0 Å². The Labute approximate surface area is 107 Å². The zero-order chi connectivity index (χ0) is 12.3. The third-order valence-electron chi connectivity index (χ3n) is 3.26. The number of hydrogen-bond donors (Lipinski definition) is 1. The Hall–Kier alpha value is -0.870. The molecule has 2 heterocycles. The topological polar surface area (TPSA) is 41.0 Å². The van der Waals surface area contributed by atoms with Gasteiger partial charge in [0.2, 0.25) is 0 Å². The lowest BCUT2D eigenvalue weighted by molar-refractivity contribution is 0.266. The zero-order valence-electron chi connectivity index (χ0n) is 10.4. The molecular formula is C12H19ClN4. The molecule has 1 aliphatic rings. The van der Waals surface area contributed by atoms with Gasteiger partial charge in [-0.2, -0.15) is 0 Å². The third kappa shape index (κ3) is 3.30. The number of anilines is 1. The maximum Gasteiger partial charge on any atom is 0.171 e. The monoisotopic (exact) mass is 254 g/mol. The molecule has 1 aromatic rings. The van der Waals surface area contributed by atoms with Crippen molar-refractivity contribution in [1.82, 2.24) is 14.9 Å². The minimum Gasteiger partial charge on any atom is -0.367 e. The maximum atomic E-state index is 5.94. The van der Waals surface area contributed by atoms with Crippen LogP contribution in [0.2, 0.25) is 5.15 Å². The van der Waals surface area contributed by atoms with Gasteiger partial charge in [-0.05, 0) is 32.7 Å². The van der Waals surface area contributed by atoms with Crippen LogP contribution in [0.25, 0.3) is 0 Å². The fourth-order valence-corrected chi connectivity index (χ4v) is 2.35. The van der Waals surface area contributed by atoms with E-state index in [9.17, 15) is 0 Å². The van der Waals surface area contributed by atoms with Crippen LogP contribution in [0.1, 0.15) is 20.3 Å². The van der Waals surface area contributed by atoms with E-state index in [1.807, 2.05) is 0 Å². The summed E-state index contributed by atoms with van der Waals surface area (Å²) in [6.45, 7) is 7.76. The highest BCUT2D eigenvalue weighted by Gasteiger charge is 2.24. The van der Waals surface area contributed by atoms with Crippen molar-refractivity contribution in [2.24, 2.45) is 5.92 Å². The number of rotatable bonds is 4. The van der Waals surface area contributed by atoms with Crippen molar-refractivity contribution in [3.63, 3.8) is 0 Å². The molecule has 0 radical (unpaired) electrons. The van der Waals surface area contributed by atoms with Gasteiger partial charge in [0.15, 0.2) is 11.0 Å². The average Bonchev–Trinajstić information content (AvgIpc) is 2.77. The largest absolute Gasteiger partial charge is 0.367 e. The Balaban J connectivity index is 1.82. The van der Waals surface area contributed by atoms with Gasteiger partial charge in [-0.1, -0.05) is 11.6 Å². The normalized spacial score (nSPS) is 21.1. The van der Waals surface area contributed by atoms with Gasteiger partial charge in [0.1, 0.15) is 0 Å². The molecule has 1 aliphatic heterocycles. The van der Waals surface area contributed by atoms with E-state index in [1.165, 1.54) is 13.0 Å². The number of likely N-dealkylation sites (tertiary alicyclic amines) is 1. The molecule has 1 unspecified atom stereocenters. The van der Waals surface area contributed by atoms with Crippen molar-refractivity contribution in [2.45, 2.75) is 26.3 Å². The molecular weight excluding hydrogens is 236 g/mol. The summed E-state index contributed by atoms with van der Waals surface area (Å²) < 4.78 is 0. The summed E-state index contributed by atoms with van der Waals surface area (Å²) in [6, 6.07) is 0.639. The molecule has 1 aromatic heterocycles. The smallest absolute Gasteiger partial charge is 0.171 e. The predicted octanol–water partition coefficient (Wildman–Crippen LogP) is 2.27. The minimum atomic E-state index is 0.450. The van der Waals surface area contributed by atoms with Crippen LogP contribution in [0, 0.1) is 5.92 Å². The number of hydrogen-bond acceptors (Lipinski definition) is 4. The highest BCUT2D eigenvalue weighted by Crippen LogP contribution is 2.20. The van der Waals surface area contributed by atoms with Gasteiger partial charge in [0.05, 0.1) is 0 Å². The van der Waals surface area contributed by atoms with Crippen LogP contribution in [0.5, 0.6) is 0 Å². The first-order chi connectivity index (χ1) is 8.16. The summed E-state index contributed by atoms with van der Waals surface area (Å²) in [5.74, 6) is 1.37. The predicted molar refractivity (Wildman–Crippen MR) is 70.3 cm³/mol. The van der Waals surface area contributed by atoms with Gasteiger partial charge in [-0.15, -0.1) is 0 Å². The van der Waals surface area contributed by atoms with Gasteiger partial charge < -0.3 is 10.2 Å². The number of nitrogens with zero attached hydrogens (tertiary/aromatic N) is 3. The molecule has 1 saturated heterocycles. The fraction of sp³-hybridized carbons (Fsp3) is 0.667. The number of nitrogens with one attached hydrogen (secondary N) is 1. The quantitative estimate of drug-likeness (QED) is 0.895. The second-order valence-corrected chi connectivity index (χ2v) is 5.18. The van der Waals surface area contributed by atoms with Crippen molar-refractivity contribution in [3.8, 4) is 0 Å². The van der Waals surface area contributed by atoms with Gasteiger partial charge >= 0.3 is 0 Å². The van der Waals surface area contributed by atoms with Crippen molar-refractivity contribution in [1.29, 1.82) is 0 Å². The molecule has 17 heavy (non-hydrogen) atoms. The Kier molecular flexibility index (Phi) is 4.18. The van der Waals surface area contributed by atoms with E-state index in [4.69, 9.17) is 11.6 Å². The minimum absolute atomic E-state index is 0.450. The van der Waals surface area contributed by atoms with Gasteiger partial charge in [0, 0.05) is 31.5 Å². The van der Waals surface area contributed by atoms with Crippen molar-refractivity contribution in [3.05, 3.63) is 17.5 Å². The molecule has 1 atom stereocenters. The molecule has 1 fully saturated rings. The summed E-state index contributed by atoms with van der Waals surface area (Å²) in [6.07, 6.45) is 4.50. The summed E-state index contributed by atoms with van der Waals surface area (Å²) >= 11 is 5.94. The lowest BCUT2D eigenvalue weighted by Gasteiger charge is -2.20. The zero-order valence-corrected chi connectivity index (χ0v) is 11.1. The second-order valence-electron chi connectivity index (χ2n) is 4.82. The molecule has 5 heteroatoms. The highest BCUT2D eigenvalue weighted by molar-refractivity contribution is 6.31. The molecule has 0 aromatic carbocycles. The maximum absolute atomic E-state index is 5.94. The van der Waals surface area contributed by atoms with E-state index >= 15 is 0 Å². The molecule has 94 valence electrons. The SMILES string of the molecule is CC(C)N1CCC(CNc2nccnc2Cl)C1. The van der Waals surface area contributed by atoms with Crippen LogP contribution in [-0.2, 0) is 0 Å². The van der Waals surface area contributed by atoms with Crippen LogP contribution in [-0.4, -0.2) is 40.5 Å². The molecule has 0 spiro atoms. The summed E-state index contributed by atoms with van der Waals surface area (Å²) in [7, 11) is 0. The lowest BCUT2D eigenvalue weighted by Crippen LogP contribution is -2.29. The first kappa shape index (κ1) is 12.6. The van der Waals surface area contributed by atoms with Crippen LogP contribution in [0.4, 0.5) is 5.82 Å². The molecule has 0 bridgehead atoms. The Bertz CT molecular complexity index is 369.